The van der Waals surface area contributed by atoms with Gasteiger partial charge in [-0.25, -0.2) is 0 Å². The lowest BCUT2D eigenvalue weighted by Gasteiger charge is -2.10. The summed E-state index contributed by atoms with van der Waals surface area (Å²) in [6.07, 6.45) is 1.39. The zero-order valence-electron chi connectivity index (χ0n) is 6.35. The van der Waals surface area contributed by atoms with Crippen LogP contribution in [0.1, 0.15) is 20.8 Å². The summed E-state index contributed by atoms with van der Waals surface area (Å²) >= 11 is 0. The highest BCUT2D eigenvalue weighted by atomic mass is 16.1. The summed E-state index contributed by atoms with van der Waals surface area (Å²) in [5, 5.41) is 0. The molecule has 0 aliphatic heterocycles. The molecule has 52 valence electrons. The second-order valence-electron chi connectivity index (χ2n) is 2.64. The van der Waals surface area contributed by atoms with Crippen LogP contribution in [-0.4, -0.2) is 5.78 Å². The van der Waals surface area contributed by atoms with Gasteiger partial charge in [0, 0.05) is 5.92 Å². The Morgan fingerprint density at radius 3 is 2.00 bits per heavy atom. The van der Waals surface area contributed by atoms with Crippen molar-refractivity contribution in [1.29, 1.82) is 0 Å². The lowest BCUT2D eigenvalue weighted by Crippen LogP contribution is -2.13. The molecule has 1 unspecified atom stereocenters. The molecule has 0 rings (SSSR count). The molecule has 1 nitrogen and oxygen atoms in total. The molecule has 0 N–H and O–H groups in total. The number of rotatable bonds is 3. The van der Waals surface area contributed by atoms with E-state index < -0.39 is 0 Å². The number of carbonyl (C=O) groups is 1. The van der Waals surface area contributed by atoms with Crippen LogP contribution < -0.4 is 0 Å². The first-order chi connectivity index (χ1) is 4.09. The van der Waals surface area contributed by atoms with Gasteiger partial charge < -0.3 is 0 Å². The normalized spacial score (nSPS) is 13.3. The minimum Gasteiger partial charge on any atom is -0.295 e. The lowest BCUT2D eigenvalue weighted by molar-refractivity contribution is -0.118. The highest BCUT2D eigenvalue weighted by Gasteiger charge is 2.12. The molecule has 0 heterocycles. The van der Waals surface area contributed by atoms with Gasteiger partial charge >= 0.3 is 0 Å². The quantitative estimate of drug-likeness (QED) is 0.529. The standard InChI is InChI=1S/C8H14O/c1-5-8(9)7(4)6(2)3/h5-7H,1H2,2-4H3. The highest BCUT2D eigenvalue weighted by molar-refractivity contribution is 5.91. The zero-order chi connectivity index (χ0) is 7.44. The van der Waals surface area contributed by atoms with Crippen molar-refractivity contribution in [3.63, 3.8) is 0 Å². The van der Waals surface area contributed by atoms with Crippen molar-refractivity contribution in [3.8, 4) is 0 Å². The number of carbonyl (C=O) groups excluding carboxylic acids is 1. The van der Waals surface area contributed by atoms with Crippen LogP contribution >= 0.6 is 0 Å². The molecule has 0 saturated heterocycles. The summed E-state index contributed by atoms with van der Waals surface area (Å²) in [5.41, 5.74) is 0. The van der Waals surface area contributed by atoms with Gasteiger partial charge in [0.2, 0.25) is 0 Å². The summed E-state index contributed by atoms with van der Waals surface area (Å²) < 4.78 is 0. The van der Waals surface area contributed by atoms with E-state index in [0.717, 1.165) is 0 Å². The predicted octanol–water partition coefficient (Wildman–Crippen LogP) is 2.03. The fourth-order valence-electron chi connectivity index (χ4n) is 0.514. The van der Waals surface area contributed by atoms with Gasteiger partial charge in [0.15, 0.2) is 5.78 Å². The molecular formula is C8H14O. The van der Waals surface area contributed by atoms with Gasteiger partial charge in [-0.3, -0.25) is 4.79 Å². The maximum absolute atomic E-state index is 10.8. The molecule has 0 radical (unpaired) electrons. The Hall–Kier alpha value is -0.590. The molecule has 0 fully saturated rings. The van der Waals surface area contributed by atoms with Gasteiger partial charge in [-0.05, 0) is 12.0 Å². The maximum Gasteiger partial charge on any atom is 0.158 e. The van der Waals surface area contributed by atoms with E-state index in [1.165, 1.54) is 6.08 Å². The van der Waals surface area contributed by atoms with Crippen LogP contribution in [0.4, 0.5) is 0 Å². The molecule has 0 aromatic heterocycles. The van der Waals surface area contributed by atoms with Crippen molar-refractivity contribution in [2.45, 2.75) is 20.8 Å². The second-order valence-corrected chi connectivity index (χ2v) is 2.64. The van der Waals surface area contributed by atoms with E-state index in [2.05, 4.69) is 6.58 Å². The van der Waals surface area contributed by atoms with Crippen LogP contribution in [0.2, 0.25) is 0 Å². The molecule has 0 bridgehead atoms. The summed E-state index contributed by atoms with van der Waals surface area (Å²) in [6, 6.07) is 0. The summed E-state index contributed by atoms with van der Waals surface area (Å²) in [6.45, 7) is 9.41. The molecule has 1 heteroatoms. The number of hydrogen-bond donors (Lipinski definition) is 0. The molecule has 0 aromatic carbocycles. The smallest absolute Gasteiger partial charge is 0.158 e. The Kier molecular flexibility index (Phi) is 3.21. The van der Waals surface area contributed by atoms with Crippen molar-refractivity contribution < 1.29 is 4.79 Å². The second kappa shape index (κ2) is 3.44. The summed E-state index contributed by atoms with van der Waals surface area (Å²) in [5.74, 6) is 0.697. The number of ketones is 1. The van der Waals surface area contributed by atoms with Crippen molar-refractivity contribution in [1.82, 2.24) is 0 Å². The van der Waals surface area contributed by atoms with Crippen LogP contribution in [0.5, 0.6) is 0 Å². The largest absolute Gasteiger partial charge is 0.295 e. The Morgan fingerprint density at radius 2 is 1.89 bits per heavy atom. The molecule has 0 aliphatic rings. The van der Waals surface area contributed by atoms with Gasteiger partial charge in [-0.15, -0.1) is 0 Å². The van der Waals surface area contributed by atoms with E-state index in [4.69, 9.17) is 0 Å². The molecule has 0 aliphatic carbocycles. The van der Waals surface area contributed by atoms with Gasteiger partial charge in [-0.1, -0.05) is 27.4 Å². The third kappa shape index (κ3) is 2.45. The van der Waals surface area contributed by atoms with Crippen LogP contribution in [0.25, 0.3) is 0 Å². The SMILES string of the molecule is C=CC(=O)C(C)C(C)C. The lowest BCUT2D eigenvalue weighted by atomic mass is 9.94. The number of allylic oxidation sites excluding steroid dienone is 1. The van der Waals surface area contributed by atoms with Crippen LogP contribution in [0.3, 0.4) is 0 Å². The molecular weight excluding hydrogens is 112 g/mol. The first kappa shape index (κ1) is 8.41. The predicted molar refractivity (Wildman–Crippen MR) is 39.2 cm³/mol. The van der Waals surface area contributed by atoms with Crippen LogP contribution in [0.15, 0.2) is 12.7 Å². The van der Waals surface area contributed by atoms with E-state index >= 15 is 0 Å². The molecule has 0 saturated carbocycles. The van der Waals surface area contributed by atoms with E-state index in [0.29, 0.717) is 5.92 Å². The molecule has 0 amide bonds. The molecule has 0 aromatic rings. The number of hydrogen-bond acceptors (Lipinski definition) is 1. The van der Waals surface area contributed by atoms with E-state index in [1.807, 2.05) is 20.8 Å². The third-order valence-electron chi connectivity index (χ3n) is 1.65. The highest BCUT2D eigenvalue weighted by Crippen LogP contribution is 2.10. The van der Waals surface area contributed by atoms with E-state index in [1.54, 1.807) is 0 Å². The minimum absolute atomic E-state index is 0.127. The fourth-order valence-corrected chi connectivity index (χ4v) is 0.514. The van der Waals surface area contributed by atoms with Crippen molar-refractivity contribution in [2.75, 3.05) is 0 Å². The molecule has 1 atom stereocenters. The monoisotopic (exact) mass is 126 g/mol. The third-order valence-corrected chi connectivity index (χ3v) is 1.65. The fraction of sp³-hybridized carbons (Fsp3) is 0.625. The van der Waals surface area contributed by atoms with E-state index in [9.17, 15) is 4.79 Å². The van der Waals surface area contributed by atoms with Crippen molar-refractivity contribution in [3.05, 3.63) is 12.7 Å². The minimum atomic E-state index is 0.127. The first-order valence-electron chi connectivity index (χ1n) is 3.26. The Labute approximate surface area is 56.8 Å². The van der Waals surface area contributed by atoms with Gasteiger partial charge in [0.05, 0.1) is 0 Å². The van der Waals surface area contributed by atoms with Crippen molar-refractivity contribution in [2.24, 2.45) is 11.8 Å². The van der Waals surface area contributed by atoms with E-state index in [-0.39, 0.29) is 11.7 Å². The Bertz CT molecular complexity index is 114. The average Bonchev–Trinajstić information content (AvgIpc) is 1.84. The van der Waals surface area contributed by atoms with Gasteiger partial charge in [0.25, 0.3) is 0 Å². The van der Waals surface area contributed by atoms with Crippen LogP contribution in [0, 0.1) is 11.8 Å². The molecule has 0 spiro atoms. The topological polar surface area (TPSA) is 17.1 Å². The van der Waals surface area contributed by atoms with Gasteiger partial charge in [-0.2, -0.15) is 0 Å². The van der Waals surface area contributed by atoms with Crippen LogP contribution in [-0.2, 0) is 4.79 Å². The maximum atomic E-state index is 10.8. The molecule has 9 heavy (non-hydrogen) atoms. The Morgan fingerprint density at radius 1 is 1.44 bits per heavy atom. The summed E-state index contributed by atoms with van der Waals surface area (Å²) in [4.78, 5) is 10.8. The zero-order valence-corrected chi connectivity index (χ0v) is 6.35. The Balaban J connectivity index is 3.87. The van der Waals surface area contributed by atoms with Crippen molar-refractivity contribution >= 4 is 5.78 Å². The average molecular weight is 126 g/mol. The first-order valence-corrected chi connectivity index (χ1v) is 3.26. The summed E-state index contributed by atoms with van der Waals surface area (Å²) in [7, 11) is 0. The van der Waals surface area contributed by atoms with Gasteiger partial charge in [0.1, 0.15) is 0 Å².